The van der Waals surface area contributed by atoms with Gasteiger partial charge in [0.15, 0.2) is 0 Å². The van der Waals surface area contributed by atoms with E-state index in [-0.39, 0.29) is 12.5 Å². The first-order valence-electron chi connectivity index (χ1n) is 10.9. The summed E-state index contributed by atoms with van der Waals surface area (Å²) in [7, 11) is 0. The summed E-state index contributed by atoms with van der Waals surface area (Å²) < 4.78 is 4.81. The van der Waals surface area contributed by atoms with Crippen LogP contribution in [0.15, 0.2) is 78.9 Å². The van der Waals surface area contributed by atoms with Crippen molar-refractivity contribution in [3.63, 3.8) is 0 Å². The monoisotopic (exact) mass is 461 g/mol. The summed E-state index contributed by atoms with van der Waals surface area (Å²) in [4.78, 5) is 24.7. The lowest BCUT2D eigenvalue weighted by molar-refractivity contribution is -0.140. The Morgan fingerprint density at radius 1 is 0.939 bits per heavy atom. The highest BCUT2D eigenvalue weighted by Gasteiger charge is 2.38. The van der Waals surface area contributed by atoms with Crippen LogP contribution in [-0.4, -0.2) is 34.6 Å². The number of carbonyl (C=O) groups excluding carboxylic acids is 1. The Labute approximate surface area is 198 Å². The number of fused-ring (bicyclic) bond motifs is 3. The average Bonchev–Trinajstić information content (AvgIpc) is 3.14. The van der Waals surface area contributed by atoms with Crippen molar-refractivity contribution in [3.8, 4) is 11.1 Å². The molecule has 1 aliphatic rings. The molecule has 3 aromatic rings. The van der Waals surface area contributed by atoms with E-state index in [0.29, 0.717) is 5.75 Å². The molecule has 1 aliphatic carbocycles. The summed E-state index contributed by atoms with van der Waals surface area (Å²) >= 11 is 1.48. The number of amides is 1. The van der Waals surface area contributed by atoms with Crippen molar-refractivity contribution in [1.29, 1.82) is 0 Å². The number of ether oxygens (including phenoxy) is 1. The van der Waals surface area contributed by atoms with Gasteiger partial charge >= 0.3 is 12.1 Å². The van der Waals surface area contributed by atoms with Crippen LogP contribution in [0, 0.1) is 0 Å². The van der Waals surface area contributed by atoms with Crippen LogP contribution in [0.2, 0.25) is 0 Å². The summed E-state index contributed by atoms with van der Waals surface area (Å²) in [5, 5.41) is 12.4. The number of benzene rings is 3. The lowest BCUT2D eigenvalue weighted by Crippen LogP contribution is -2.52. The van der Waals surface area contributed by atoms with E-state index >= 15 is 0 Å². The first-order chi connectivity index (χ1) is 15.9. The normalized spacial score (nSPS) is 13.6. The van der Waals surface area contributed by atoms with Crippen LogP contribution in [0.5, 0.6) is 0 Å². The van der Waals surface area contributed by atoms with Crippen molar-refractivity contribution in [1.82, 2.24) is 5.32 Å². The predicted molar refractivity (Wildman–Crippen MR) is 131 cm³/mol. The van der Waals surface area contributed by atoms with Crippen LogP contribution >= 0.6 is 11.8 Å². The largest absolute Gasteiger partial charge is 0.480 e. The fourth-order valence-corrected chi connectivity index (χ4v) is 5.28. The van der Waals surface area contributed by atoms with Crippen molar-refractivity contribution in [2.24, 2.45) is 0 Å². The predicted octanol–water partition coefficient (Wildman–Crippen LogP) is 5.69. The molecule has 0 radical (unpaired) electrons. The summed E-state index contributed by atoms with van der Waals surface area (Å²) in [6.45, 7) is 3.79. The standard InChI is InChI=1S/C27H27NO4S/c1-27(2,33-17-18-10-4-3-5-11-18)24(25(29)30)28-26(31)32-16-23-21-14-8-6-12-19(21)20-13-7-9-15-22(20)23/h3-15,23-24H,16-17H2,1-2H3,(H,28,31)(H,29,30)/t24-/m0/s1. The van der Waals surface area contributed by atoms with Gasteiger partial charge in [-0.3, -0.25) is 0 Å². The van der Waals surface area contributed by atoms with Crippen LogP contribution in [0.1, 0.15) is 36.5 Å². The Morgan fingerprint density at radius 2 is 1.48 bits per heavy atom. The smallest absolute Gasteiger partial charge is 0.407 e. The number of thioether (sulfide) groups is 1. The molecule has 1 amide bonds. The van der Waals surface area contributed by atoms with Gasteiger partial charge in [-0.15, -0.1) is 11.8 Å². The van der Waals surface area contributed by atoms with Crippen molar-refractivity contribution in [2.45, 2.75) is 36.3 Å². The van der Waals surface area contributed by atoms with Crippen molar-refractivity contribution >= 4 is 23.8 Å². The lowest BCUT2D eigenvalue weighted by atomic mass is 9.98. The zero-order valence-corrected chi connectivity index (χ0v) is 19.5. The highest BCUT2D eigenvalue weighted by molar-refractivity contribution is 7.99. The van der Waals surface area contributed by atoms with Gasteiger partial charge in [-0.1, -0.05) is 78.9 Å². The SMILES string of the molecule is CC(C)(SCc1ccccc1)[C@@H](NC(=O)OCC1c2ccccc2-c2ccccc21)C(=O)O. The third kappa shape index (κ3) is 5.06. The number of hydrogen-bond donors (Lipinski definition) is 2. The molecule has 0 aliphatic heterocycles. The number of carboxylic acid groups (broad SMARTS) is 1. The summed E-state index contributed by atoms with van der Waals surface area (Å²) in [6, 6.07) is 24.9. The van der Waals surface area contributed by atoms with Crippen LogP contribution in [0.4, 0.5) is 4.79 Å². The number of carboxylic acids is 1. The van der Waals surface area contributed by atoms with Gasteiger partial charge in [-0.2, -0.15) is 0 Å². The Kier molecular flexibility index (Phi) is 6.75. The maximum absolute atomic E-state index is 12.7. The average molecular weight is 462 g/mol. The molecule has 0 saturated heterocycles. The van der Waals surface area contributed by atoms with Crippen molar-refractivity contribution in [2.75, 3.05) is 6.61 Å². The quantitative estimate of drug-likeness (QED) is 0.451. The van der Waals surface area contributed by atoms with Crippen molar-refractivity contribution in [3.05, 3.63) is 95.6 Å². The molecule has 0 heterocycles. The maximum atomic E-state index is 12.7. The van der Waals surface area contributed by atoms with E-state index in [1.807, 2.05) is 80.6 Å². The maximum Gasteiger partial charge on any atom is 0.407 e. The highest BCUT2D eigenvalue weighted by atomic mass is 32.2. The Morgan fingerprint density at radius 3 is 2.06 bits per heavy atom. The molecule has 6 heteroatoms. The highest BCUT2D eigenvalue weighted by Crippen LogP contribution is 2.44. The van der Waals surface area contributed by atoms with Crippen LogP contribution in [0.25, 0.3) is 11.1 Å². The molecule has 2 N–H and O–H groups in total. The minimum Gasteiger partial charge on any atom is -0.480 e. The van der Waals surface area contributed by atoms with E-state index in [4.69, 9.17) is 4.74 Å². The number of nitrogens with one attached hydrogen (secondary N) is 1. The minimum atomic E-state index is -1.10. The zero-order chi connectivity index (χ0) is 23.4. The van der Waals surface area contributed by atoms with E-state index in [1.165, 1.54) is 11.8 Å². The first kappa shape index (κ1) is 22.9. The fraction of sp³-hybridized carbons (Fsp3) is 0.259. The number of hydrogen-bond acceptors (Lipinski definition) is 4. The van der Waals surface area contributed by atoms with Crippen LogP contribution in [0.3, 0.4) is 0 Å². The van der Waals surface area contributed by atoms with Gasteiger partial charge in [0.1, 0.15) is 12.6 Å². The molecule has 0 unspecified atom stereocenters. The molecular formula is C27H27NO4S. The molecule has 3 aromatic carbocycles. The van der Waals surface area contributed by atoms with Crippen molar-refractivity contribution < 1.29 is 19.4 Å². The van der Waals surface area contributed by atoms with Gasteiger partial charge in [0.2, 0.25) is 0 Å². The molecule has 33 heavy (non-hydrogen) atoms. The molecular weight excluding hydrogens is 434 g/mol. The molecule has 0 bridgehead atoms. The summed E-state index contributed by atoms with van der Waals surface area (Å²) in [5.41, 5.74) is 5.61. The molecule has 4 rings (SSSR count). The molecule has 5 nitrogen and oxygen atoms in total. The van der Waals surface area contributed by atoms with Gasteiger partial charge < -0.3 is 15.2 Å². The van der Waals surface area contributed by atoms with E-state index < -0.39 is 22.9 Å². The Bertz CT molecular complexity index is 1100. The van der Waals surface area contributed by atoms with Gasteiger partial charge in [-0.25, -0.2) is 9.59 Å². The summed E-state index contributed by atoms with van der Waals surface area (Å²) in [5.74, 6) is -0.523. The number of rotatable bonds is 8. The minimum absolute atomic E-state index is 0.0770. The first-order valence-corrected chi connectivity index (χ1v) is 11.9. The van der Waals surface area contributed by atoms with Gasteiger partial charge in [-0.05, 0) is 41.7 Å². The number of aliphatic carboxylic acids is 1. The van der Waals surface area contributed by atoms with E-state index in [0.717, 1.165) is 27.8 Å². The Balaban J connectivity index is 1.41. The summed E-state index contributed by atoms with van der Waals surface area (Å²) in [6.07, 6.45) is -0.724. The molecule has 0 fully saturated rings. The lowest BCUT2D eigenvalue weighted by Gasteiger charge is -2.31. The molecule has 1 atom stereocenters. The molecule has 0 saturated carbocycles. The van der Waals surface area contributed by atoms with E-state index in [1.54, 1.807) is 0 Å². The topological polar surface area (TPSA) is 75.6 Å². The number of alkyl carbamates (subject to hydrolysis) is 1. The van der Waals surface area contributed by atoms with Crippen LogP contribution < -0.4 is 5.32 Å². The molecule has 170 valence electrons. The number of carbonyl (C=O) groups is 2. The molecule has 0 spiro atoms. The second-order valence-electron chi connectivity index (χ2n) is 8.62. The second kappa shape index (κ2) is 9.71. The third-order valence-electron chi connectivity index (χ3n) is 6.00. The van der Waals surface area contributed by atoms with E-state index in [9.17, 15) is 14.7 Å². The van der Waals surface area contributed by atoms with Crippen LogP contribution in [-0.2, 0) is 15.3 Å². The van der Waals surface area contributed by atoms with Gasteiger partial charge in [0, 0.05) is 16.4 Å². The zero-order valence-electron chi connectivity index (χ0n) is 18.7. The van der Waals surface area contributed by atoms with E-state index in [2.05, 4.69) is 17.4 Å². The second-order valence-corrected chi connectivity index (χ2v) is 10.2. The fourth-order valence-electron chi connectivity index (χ4n) is 4.22. The Hall–Kier alpha value is -3.25. The third-order valence-corrected chi connectivity index (χ3v) is 7.46. The van der Waals surface area contributed by atoms with Gasteiger partial charge in [0.05, 0.1) is 0 Å². The molecule has 0 aromatic heterocycles. The van der Waals surface area contributed by atoms with Gasteiger partial charge in [0.25, 0.3) is 0 Å².